The van der Waals surface area contributed by atoms with E-state index in [4.69, 9.17) is 11.6 Å². The predicted molar refractivity (Wildman–Crippen MR) is 127 cm³/mol. The highest BCUT2D eigenvalue weighted by atomic mass is 35.5. The van der Waals surface area contributed by atoms with E-state index in [-0.39, 0.29) is 15.7 Å². The lowest BCUT2D eigenvalue weighted by Crippen LogP contribution is -2.38. The summed E-state index contributed by atoms with van der Waals surface area (Å²) in [5, 5.41) is 11.2. The first-order valence-electron chi connectivity index (χ1n) is 9.01. The van der Waals surface area contributed by atoms with Crippen LogP contribution in [-0.2, 0) is 14.8 Å². The van der Waals surface area contributed by atoms with Crippen molar-refractivity contribution >= 4 is 61.4 Å². The third-order valence-corrected chi connectivity index (χ3v) is 7.96. The molecule has 1 heterocycles. The van der Waals surface area contributed by atoms with E-state index in [0.29, 0.717) is 15.1 Å². The molecule has 0 saturated carbocycles. The predicted octanol–water partition coefficient (Wildman–Crippen LogP) is 4.61. The number of sulfonamides is 1. The quantitative estimate of drug-likeness (QED) is 0.265. The smallest absolute Gasteiger partial charge is 0.264 e. The molecule has 0 aliphatic rings. The van der Waals surface area contributed by atoms with Gasteiger partial charge < -0.3 is 0 Å². The average Bonchev–Trinajstić information content (AvgIpc) is 3.17. The summed E-state index contributed by atoms with van der Waals surface area (Å²) in [6.07, 6.45) is 1.74. The van der Waals surface area contributed by atoms with Gasteiger partial charge in [-0.1, -0.05) is 64.5 Å². The van der Waals surface area contributed by atoms with Crippen LogP contribution in [0.1, 0.15) is 5.56 Å². The molecular weight excluding hydrogens is 476 g/mol. The number of rotatable bonds is 9. The van der Waals surface area contributed by atoms with Crippen LogP contribution in [0, 0.1) is 6.92 Å². The van der Waals surface area contributed by atoms with Gasteiger partial charge in [-0.15, -0.1) is 16.8 Å². The van der Waals surface area contributed by atoms with Gasteiger partial charge in [0.15, 0.2) is 4.34 Å². The normalized spacial score (nSPS) is 11.2. The molecule has 162 valence electrons. The van der Waals surface area contributed by atoms with Crippen LogP contribution in [0.4, 0.5) is 10.8 Å². The first kappa shape index (κ1) is 23.3. The number of nitrogens with zero attached hydrogens (tertiary/aromatic N) is 3. The number of hydrogen-bond donors (Lipinski definition) is 1. The molecule has 0 radical (unpaired) electrons. The Morgan fingerprint density at radius 2 is 2.00 bits per heavy atom. The van der Waals surface area contributed by atoms with Gasteiger partial charge in [0.2, 0.25) is 11.0 Å². The third kappa shape index (κ3) is 6.07. The molecule has 0 unspecified atom stereocenters. The summed E-state index contributed by atoms with van der Waals surface area (Å²) >= 11 is 8.71. The summed E-state index contributed by atoms with van der Waals surface area (Å²) in [6.45, 7) is 5.06. The van der Waals surface area contributed by atoms with Crippen LogP contribution in [0.3, 0.4) is 0 Å². The highest BCUT2D eigenvalue weighted by molar-refractivity contribution is 8.01. The summed E-state index contributed by atoms with van der Waals surface area (Å²) < 4.78 is 28.4. The number of carbonyl (C=O) groups excluding carboxylic acids is 1. The maximum Gasteiger partial charge on any atom is 0.264 e. The lowest BCUT2D eigenvalue weighted by Gasteiger charge is -2.24. The molecule has 1 aromatic heterocycles. The molecule has 0 aliphatic carbocycles. The second-order valence-corrected chi connectivity index (χ2v) is 10.9. The van der Waals surface area contributed by atoms with Crippen LogP contribution in [0.5, 0.6) is 0 Å². The van der Waals surface area contributed by atoms with Crippen molar-refractivity contribution < 1.29 is 13.2 Å². The molecule has 1 N–H and O–H groups in total. The molecule has 0 spiro atoms. The van der Waals surface area contributed by atoms with Gasteiger partial charge in [-0.25, -0.2) is 8.42 Å². The van der Waals surface area contributed by atoms with E-state index in [9.17, 15) is 13.2 Å². The monoisotopic (exact) mass is 494 g/mol. The molecule has 0 atom stereocenters. The molecule has 0 bridgehead atoms. The Morgan fingerprint density at radius 1 is 1.26 bits per heavy atom. The highest BCUT2D eigenvalue weighted by Crippen LogP contribution is 2.28. The van der Waals surface area contributed by atoms with E-state index in [1.54, 1.807) is 36.4 Å². The van der Waals surface area contributed by atoms with E-state index in [0.717, 1.165) is 9.87 Å². The number of hydrogen-bond acceptors (Lipinski definition) is 7. The Morgan fingerprint density at radius 3 is 2.68 bits per heavy atom. The van der Waals surface area contributed by atoms with Crippen molar-refractivity contribution in [2.45, 2.75) is 16.2 Å². The van der Waals surface area contributed by atoms with Gasteiger partial charge in [0.1, 0.15) is 6.54 Å². The van der Waals surface area contributed by atoms with Gasteiger partial charge >= 0.3 is 0 Å². The fourth-order valence-electron chi connectivity index (χ4n) is 2.52. The SMILES string of the molecule is C=CCSc1nnc(NC(=O)CN(c2cccc(Cl)c2)S(=O)(=O)c2ccc(C)cc2)s1. The van der Waals surface area contributed by atoms with Crippen molar-refractivity contribution in [2.24, 2.45) is 0 Å². The number of anilines is 2. The van der Waals surface area contributed by atoms with Crippen molar-refractivity contribution in [1.82, 2.24) is 10.2 Å². The van der Waals surface area contributed by atoms with Crippen molar-refractivity contribution in [3.63, 3.8) is 0 Å². The summed E-state index contributed by atoms with van der Waals surface area (Å²) in [7, 11) is -4.02. The minimum atomic E-state index is -4.02. The van der Waals surface area contributed by atoms with Crippen molar-refractivity contribution in [3.8, 4) is 0 Å². The summed E-state index contributed by atoms with van der Waals surface area (Å²) in [4.78, 5) is 12.8. The van der Waals surface area contributed by atoms with Gasteiger partial charge in [-0.05, 0) is 37.3 Å². The fourth-order valence-corrected chi connectivity index (χ4v) is 5.65. The number of amides is 1. The number of benzene rings is 2. The van der Waals surface area contributed by atoms with Crippen molar-refractivity contribution in [1.29, 1.82) is 0 Å². The number of carbonyl (C=O) groups is 1. The molecule has 1 amide bonds. The Bertz CT molecular complexity index is 1180. The molecule has 7 nitrogen and oxygen atoms in total. The number of aryl methyl sites for hydroxylation is 1. The summed E-state index contributed by atoms with van der Waals surface area (Å²) in [6, 6.07) is 12.8. The lowest BCUT2D eigenvalue weighted by atomic mass is 10.2. The zero-order valence-corrected chi connectivity index (χ0v) is 19.7. The highest BCUT2D eigenvalue weighted by Gasteiger charge is 2.27. The maximum atomic E-state index is 13.3. The standard InChI is InChI=1S/C20H19ClN4O3S3/c1-3-11-29-20-24-23-19(30-20)22-18(26)13-25(16-6-4-5-15(21)12-16)31(27,28)17-9-7-14(2)8-10-17/h3-10,12H,1,11,13H2,2H3,(H,22,23,26). The molecule has 31 heavy (non-hydrogen) atoms. The fraction of sp³-hybridized carbons (Fsp3) is 0.150. The first-order chi connectivity index (χ1) is 14.8. The van der Waals surface area contributed by atoms with Gasteiger partial charge in [0.25, 0.3) is 10.0 Å². The van der Waals surface area contributed by atoms with Crippen LogP contribution >= 0.6 is 34.7 Å². The van der Waals surface area contributed by atoms with Gasteiger partial charge in [-0.2, -0.15) is 0 Å². The average molecular weight is 495 g/mol. The number of aromatic nitrogens is 2. The van der Waals surface area contributed by atoms with Crippen LogP contribution in [-0.4, -0.2) is 36.8 Å². The van der Waals surface area contributed by atoms with Gasteiger partial charge in [0, 0.05) is 10.8 Å². The lowest BCUT2D eigenvalue weighted by molar-refractivity contribution is -0.114. The first-order valence-corrected chi connectivity index (χ1v) is 12.6. The third-order valence-electron chi connectivity index (χ3n) is 3.97. The molecule has 11 heteroatoms. The van der Waals surface area contributed by atoms with Crippen LogP contribution < -0.4 is 9.62 Å². The van der Waals surface area contributed by atoms with E-state index in [1.165, 1.54) is 41.3 Å². The molecule has 3 aromatic rings. The molecule has 2 aromatic carbocycles. The number of halogens is 1. The molecule has 0 aliphatic heterocycles. The molecular formula is C20H19ClN4O3S3. The largest absolute Gasteiger partial charge is 0.299 e. The molecule has 3 rings (SSSR count). The molecule has 0 fully saturated rings. The Labute approximate surface area is 194 Å². The van der Waals surface area contributed by atoms with Gasteiger partial charge in [0.05, 0.1) is 10.6 Å². The second-order valence-electron chi connectivity index (χ2n) is 6.33. The Kier molecular flexibility index (Phi) is 7.71. The maximum absolute atomic E-state index is 13.3. The van der Waals surface area contributed by atoms with Crippen molar-refractivity contribution in [2.75, 3.05) is 21.9 Å². The van der Waals surface area contributed by atoms with Crippen LogP contribution in [0.15, 0.2) is 70.4 Å². The van der Waals surface area contributed by atoms with Crippen molar-refractivity contribution in [3.05, 3.63) is 71.8 Å². The zero-order chi connectivity index (χ0) is 22.4. The van der Waals surface area contributed by atoms with E-state index in [1.807, 2.05) is 6.92 Å². The van der Waals surface area contributed by atoms with E-state index >= 15 is 0 Å². The second kappa shape index (κ2) is 10.3. The summed E-state index contributed by atoms with van der Waals surface area (Å²) in [5.41, 5.74) is 1.20. The van der Waals surface area contributed by atoms with E-state index < -0.39 is 22.5 Å². The summed E-state index contributed by atoms with van der Waals surface area (Å²) in [5.74, 6) is 0.118. The number of thioether (sulfide) groups is 1. The topological polar surface area (TPSA) is 92.3 Å². The van der Waals surface area contributed by atoms with Crippen LogP contribution in [0.25, 0.3) is 0 Å². The zero-order valence-electron chi connectivity index (χ0n) is 16.5. The molecule has 0 saturated heterocycles. The van der Waals surface area contributed by atoms with Gasteiger partial charge in [-0.3, -0.25) is 14.4 Å². The Hall–Kier alpha value is -2.40. The minimum absolute atomic E-state index is 0.0740. The Balaban J connectivity index is 1.86. The minimum Gasteiger partial charge on any atom is -0.299 e. The van der Waals surface area contributed by atoms with E-state index in [2.05, 4.69) is 22.1 Å². The number of nitrogens with one attached hydrogen (secondary N) is 1. The van der Waals surface area contributed by atoms with Crippen LogP contribution in [0.2, 0.25) is 5.02 Å².